The molecule has 0 heterocycles. The highest BCUT2D eigenvalue weighted by atomic mass is 14.8. The highest BCUT2D eigenvalue weighted by molar-refractivity contribution is 6.03. The van der Waals surface area contributed by atoms with E-state index in [-0.39, 0.29) is 0 Å². The first kappa shape index (κ1) is 21.4. The summed E-state index contributed by atoms with van der Waals surface area (Å²) in [5.74, 6) is 1.88. The fraction of sp³-hybridized carbons (Fsp3) is 0.500. The highest BCUT2D eigenvalue weighted by Gasteiger charge is 2.18. The summed E-state index contributed by atoms with van der Waals surface area (Å²) in [5.41, 5.74) is 9.13. The van der Waals surface area contributed by atoms with Crippen LogP contribution in [-0.4, -0.2) is 5.71 Å². The fourth-order valence-electron chi connectivity index (χ4n) is 3.83. The summed E-state index contributed by atoms with van der Waals surface area (Å²) in [6.07, 6.45) is 0. The molecule has 0 aromatic heterocycles. The number of para-hydroxylation sites is 1. The average Bonchev–Trinajstić information content (AvgIpc) is 2.60. The summed E-state index contributed by atoms with van der Waals surface area (Å²) in [6.45, 7) is 20.3. The first-order valence-corrected chi connectivity index (χ1v) is 10.5. The monoisotopic (exact) mass is 363 g/mol. The second kappa shape index (κ2) is 8.87. The van der Waals surface area contributed by atoms with Crippen LogP contribution in [0.25, 0.3) is 0 Å². The Hall–Kier alpha value is -1.89. The predicted molar refractivity (Wildman–Crippen MR) is 121 cm³/mol. The van der Waals surface area contributed by atoms with Crippen molar-refractivity contribution in [2.24, 2.45) is 4.99 Å². The number of benzene rings is 2. The molecule has 0 radical (unpaired) electrons. The van der Waals surface area contributed by atoms with E-state index in [4.69, 9.17) is 4.99 Å². The van der Waals surface area contributed by atoms with E-state index in [0.717, 1.165) is 5.71 Å². The largest absolute Gasteiger partial charge is 0.253 e. The molecule has 146 valence electrons. The maximum absolute atomic E-state index is 5.27. The normalized spacial score (nSPS) is 12.7. The van der Waals surface area contributed by atoms with Crippen molar-refractivity contribution in [3.63, 3.8) is 0 Å². The lowest BCUT2D eigenvalue weighted by molar-refractivity contribution is 0.826. The third kappa shape index (κ3) is 4.69. The Balaban J connectivity index is 2.76. The second-order valence-electron chi connectivity index (χ2n) is 8.91. The Morgan fingerprint density at radius 3 is 1.26 bits per heavy atom. The van der Waals surface area contributed by atoms with E-state index in [1.165, 1.54) is 33.5 Å². The van der Waals surface area contributed by atoms with Crippen molar-refractivity contribution < 1.29 is 0 Å². The minimum absolute atomic E-state index is 0.458. The van der Waals surface area contributed by atoms with Gasteiger partial charge in [-0.2, -0.15) is 0 Å². The van der Waals surface area contributed by atoms with Gasteiger partial charge in [0.25, 0.3) is 0 Å². The Morgan fingerprint density at radius 2 is 0.926 bits per heavy atom. The molecule has 2 aromatic carbocycles. The molecule has 0 aliphatic carbocycles. The first-order valence-electron chi connectivity index (χ1n) is 10.5. The quantitative estimate of drug-likeness (QED) is 0.457. The van der Waals surface area contributed by atoms with Gasteiger partial charge in [-0.3, -0.25) is 4.99 Å². The van der Waals surface area contributed by atoms with Crippen LogP contribution in [0.2, 0.25) is 0 Å². The zero-order valence-corrected chi connectivity index (χ0v) is 18.7. The lowest BCUT2D eigenvalue weighted by atomic mass is 9.86. The van der Waals surface area contributed by atoms with Gasteiger partial charge in [-0.15, -0.1) is 0 Å². The zero-order valence-electron chi connectivity index (χ0n) is 18.7. The third-order valence-electron chi connectivity index (χ3n) is 5.36. The minimum Gasteiger partial charge on any atom is -0.253 e. The second-order valence-corrected chi connectivity index (χ2v) is 8.91. The van der Waals surface area contributed by atoms with Crippen molar-refractivity contribution in [3.05, 3.63) is 64.2 Å². The van der Waals surface area contributed by atoms with E-state index >= 15 is 0 Å². The van der Waals surface area contributed by atoms with Crippen LogP contribution in [-0.2, 0) is 0 Å². The molecule has 2 rings (SSSR count). The summed E-state index contributed by atoms with van der Waals surface area (Å²) in [5, 5.41) is 0. The van der Waals surface area contributed by atoms with Crippen LogP contribution in [0, 0.1) is 0 Å². The smallest absolute Gasteiger partial charge is 0.0702 e. The highest BCUT2D eigenvalue weighted by Crippen LogP contribution is 2.36. The lowest BCUT2D eigenvalue weighted by Crippen LogP contribution is -2.09. The van der Waals surface area contributed by atoms with Gasteiger partial charge >= 0.3 is 0 Å². The molecule has 1 heteroatoms. The van der Waals surface area contributed by atoms with E-state index in [2.05, 4.69) is 98.7 Å². The number of hydrogen-bond acceptors (Lipinski definition) is 1. The molecule has 0 bridgehead atoms. The molecule has 0 saturated carbocycles. The van der Waals surface area contributed by atoms with E-state index in [1.807, 2.05) is 0 Å². The van der Waals surface area contributed by atoms with Crippen LogP contribution >= 0.6 is 0 Å². The molecule has 27 heavy (non-hydrogen) atoms. The topological polar surface area (TPSA) is 12.4 Å². The summed E-state index contributed by atoms with van der Waals surface area (Å²) < 4.78 is 0. The van der Waals surface area contributed by atoms with Gasteiger partial charge in [0.2, 0.25) is 0 Å². The minimum atomic E-state index is 0.458. The molecule has 0 amide bonds. The third-order valence-corrected chi connectivity index (χ3v) is 5.36. The van der Waals surface area contributed by atoms with Crippen LogP contribution in [0.5, 0.6) is 0 Å². The standard InChI is InChI=1S/C26H37N/c1-16(2)21-12-10-13-22(17(3)4)25(21)20(9)27-26-23(18(5)6)14-11-15-24(26)19(7)8/h10-19H,1-9H3. The number of hydrogen-bond donors (Lipinski definition) is 0. The molecule has 0 N–H and O–H groups in total. The Morgan fingerprint density at radius 1 is 0.593 bits per heavy atom. The van der Waals surface area contributed by atoms with Crippen molar-refractivity contribution >= 4 is 11.4 Å². The molecule has 0 saturated heterocycles. The van der Waals surface area contributed by atoms with Gasteiger partial charge in [0.05, 0.1) is 5.69 Å². The molecule has 0 unspecified atom stereocenters. The molecule has 0 aliphatic rings. The van der Waals surface area contributed by atoms with Gasteiger partial charge in [-0.25, -0.2) is 0 Å². The van der Waals surface area contributed by atoms with Gasteiger partial charge in [0.15, 0.2) is 0 Å². The van der Waals surface area contributed by atoms with Crippen molar-refractivity contribution in [2.75, 3.05) is 0 Å². The van der Waals surface area contributed by atoms with Gasteiger partial charge in [0, 0.05) is 11.3 Å². The average molecular weight is 364 g/mol. The number of nitrogens with zero attached hydrogens (tertiary/aromatic N) is 1. The summed E-state index contributed by atoms with van der Waals surface area (Å²) in [7, 11) is 0. The lowest BCUT2D eigenvalue weighted by Gasteiger charge is -2.21. The van der Waals surface area contributed by atoms with Gasteiger partial charge in [0.1, 0.15) is 0 Å². The zero-order chi connectivity index (χ0) is 20.3. The molecule has 0 fully saturated rings. The van der Waals surface area contributed by atoms with E-state index in [9.17, 15) is 0 Å². The number of aliphatic imine (C=N–C) groups is 1. The maximum atomic E-state index is 5.27. The predicted octanol–water partition coefficient (Wildman–Crippen LogP) is 8.32. The first-order chi connectivity index (χ1) is 12.6. The summed E-state index contributed by atoms with van der Waals surface area (Å²) in [6, 6.07) is 13.4. The van der Waals surface area contributed by atoms with Crippen LogP contribution in [0.1, 0.15) is 114 Å². The van der Waals surface area contributed by atoms with Crippen molar-refractivity contribution in [3.8, 4) is 0 Å². The Labute approximate surface area is 166 Å². The van der Waals surface area contributed by atoms with E-state index in [1.54, 1.807) is 0 Å². The van der Waals surface area contributed by atoms with Crippen LogP contribution in [0.4, 0.5) is 5.69 Å². The van der Waals surface area contributed by atoms with Crippen molar-refractivity contribution in [2.45, 2.75) is 86.0 Å². The van der Waals surface area contributed by atoms with Crippen LogP contribution in [0.15, 0.2) is 41.4 Å². The fourth-order valence-corrected chi connectivity index (χ4v) is 3.83. The molecular formula is C26H37N. The Bertz CT molecular complexity index is 754. The van der Waals surface area contributed by atoms with Gasteiger partial charge in [-0.05, 0) is 52.8 Å². The number of rotatable bonds is 6. The van der Waals surface area contributed by atoms with Crippen molar-refractivity contribution in [1.29, 1.82) is 0 Å². The van der Waals surface area contributed by atoms with Gasteiger partial charge in [-0.1, -0.05) is 91.8 Å². The summed E-state index contributed by atoms with van der Waals surface area (Å²) in [4.78, 5) is 5.27. The van der Waals surface area contributed by atoms with E-state index in [0.29, 0.717) is 23.7 Å². The molecule has 0 spiro atoms. The van der Waals surface area contributed by atoms with Crippen LogP contribution < -0.4 is 0 Å². The molecule has 2 aromatic rings. The molecule has 1 nitrogen and oxygen atoms in total. The molecule has 0 atom stereocenters. The Kier molecular flexibility index (Phi) is 7.03. The van der Waals surface area contributed by atoms with Crippen LogP contribution in [0.3, 0.4) is 0 Å². The summed E-state index contributed by atoms with van der Waals surface area (Å²) >= 11 is 0. The van der Waals surface area contributed by atoms with Gasteiger partial charge < -0.3 is 0 Å². The molecular weight excluding hydrogens is 326 g/mol. The molecule has 0 aliphatic heterocycles. The maximum Gasteiger partial charge on any atom is 0.0702 e. The van der Waals surface area contributed by atoms with E-state index < -0.39 is 0 Å². The SMILES string of the molecule is CC(=Nc1c(C(C)C)cccc1C(C)C)c1c(C(C)C)cccc1C(C)C. The van der Waals surface area contributed by atoms with Crippen molar-refractivity contribution in [1.82, 2.24) is 0 Å².